The van der Waals surface area contributed by atoms with Crippen molar-refractivity contribution >= 4 is 17.6 Å². The minimum absolute atomic E-state index is 0.0173. The Labute approximate surface area is 158 Å². The molecule has 0 spiro atoms. The van der Waals surface area contributed by atoms with Gasteiger partial charge in [0.05, 0.1) is 19.3 Å². The summed E-state index contributed by atoms with van der Waals surface area (Å²) in [6, 6.07) is 9.55. The second-order valence-corrected chi connectivity index (χ2v) is 7.01. The Bertz CT molecular complexity index is 837. The van der Waals surface area contributed by atoms with E-state index in [9.17, 15) is 9.59 Å². The van der Waals surface area contributed by atoms with Crippen molar-refractivity contribution in [1.29, 1.82) is 0 Å². The molecule has 2 aliphatic heterocycles. The van der Waals surface area contributed by atoms with Gasteiger partial charge in [0.25, 0.3) is 0 Å². The van der Waals surface area contributed by atoms with Crippen LogP contribution < -0.4 is 9.64 Å². The van der Waals surface area contributed by atoms with E-state index < -0.39 is 0 Å². The molecular formula is C20H24N4O3. The highest BCUT2D eigenvalue weighted by Gasteiger charge is 2.30. The highest BCUT2D eigenvalue weighted by molar-refractivity contribution is 5.99. The molecule has 7 nitrogen and oxygen atoms in total. The molecule has 1 saturated heterocycles. The van der Waals surface area contributed by atoms with Crippen molar-refractivity contribution in [3.05, 3.63) is 30.3 Å². The van der Waals surface area contributed by atoms with E-state index in [0.717, 1.165) is 42.9 Å². The highest BCUT2D eigenvalue weighted by Crippen LogP contribution is 2.29. The van der Waals surface area contributed by atoms with Crippen LogP contribution in [-0.2, 0) is 16.1 Å². The Hall–Kier alpha value is -2.83. The first-order valence-corrected chi connectivity index (χ1v) is 9.46. The zero-order valence-electron chi connectivity index (χ0n) is 15.6. The summed E-state index contributed by atoms with van der Waals surface area (Å²) in [6.45, 7) is 2.21. The maximum Gasteiger partial charge on any atom is 0.242 e. The summed E-state index contributed by atoms with van der Waals surface area (Å²) < 4.78 is 7.02. The van der Waals surface area contributed by atoms with Crippen LogP contribution in [-0.4, -0.2) is 53.2 Å². The largest absolute Gasteiger partial charge is 0.497 e. The molecule has 2 amide bonds. The van der Waals surface area contributed by atoms with Crippen molar-refractivity contribution in [2.75, 3.05) is 31.6 Å². The lowest BCUT2D eigenvalue weighted by atomic mass is 10.1. The molecule has 0 unspecified atom stereocenters. The summed E-state index contributed by atoms with van der Waals surface area (Å²) in [5.41, 5.74) is 1.74. The molecule has 7 heteroatoms. The van der Waals surface area contributed by atoms with E-state index in [2.05, 4.69) is 5.10 Å². The zero-order chi connectivity index (χ0) is 18.8. The van der Waals surface area contributed by atoms with Crippen molar-refractivity contribution in [2.45, 2.75) is 32.2 Å². The number of ether oxygens (including phenoxy) is 1. The first-order valence-electron chi connectivity index (χ1n) is 9.46. The van der Waals surface area contributed by atoms with Crippen molar-refractivity contribution < 1.29 is 14.3 Å². The van der Waals surface area contributed by atoms with Crippen LogP contribution in [0.3, 0.4) is 0 Å². The number of methoxy groups -OCH3 is 1. The molecule has 4 rings (SSSR count). The molecule has 2 aromatic rings. The van der Waals surface area contributed by atoms with Crippen molar-refractivity contribution in [3.63, 3.8) is 0 Å². The van der Waals surface area contributed by atoms with Gasteiger partial charge in [0, 0.05) is 31.1 Å². The van der Waals surface area contributed by atoms with Gasteiger partial charge in [-0.25, -0.2) is 4.68 Å². The van der Waals surface area contributed by atoms with Gasteiger partial charge in [-0.2, -0.15) is 5.10 Å². The number of aromatic nitrogens is 2. The molecule has 2 aliphatic rings. The van der Waals surface area contributed by atoms with E-state index in [1.54, 1.807) is 12.0 Å². The van der Waals surface area contributed by atoms with Crippen LogP contribution in [0.5, 0.6) is 5.75 Å². The summed E-state index contributed by atoms with van der Waals surface area (Å²) in [7, 11) is 1.63. The van der Waals surface area contributed by atoms with Gasteiger partial charge in [-0.05, 0) is 43.5 Å². The van der Waals surface area contributed by atoms with Crippen LogP contribution in [0.15, 0.2) is 30.3 Å². The molecule has 1 aromatic heterocycles. The number of piperidine rings is 1. The van der Waals surface area contributed by atoms with Gasteiger partial charge < -0.3 is 9.64 Å². The number of hydrogen-bond acceptors (Lipinski definition) is 4. The first-order chi connectivity index (χ1) is 13.2. The Morgan fingerprint density at radius 2 is 1.85 bits per heavy atom. The van der Waals surface area contributed by atoms with Gasteiger partial charge in [0.2, 0.25) is 11.8 Å². The fraction of sp³-hybridized carbons (Fsp3) is 0.450. The van der Waals surface area contributed by atoms with Gasteiger partial charge in [0.15, 0.2) is 0 Å². The normalized spacial score (nSPS) is 17.0. The lowest BCUT2D eigenvalue weighted by Gasteiger charge is -2.31. The topological polar surface area (TPSA) is 67.7 Å². The maximum absolute atomic E-state index is 12.7. The Balaban J connectivity index is 1.57. The number of carbonyl (C=O) groups excluding carboxylic acids is 2. The van der Waals surface area contributed by atoms with Crippen LogP contribution in [0, 0.1) is 0 Å². The Kier molecular flexibility index (Phi) is 4.83. The van der Waals surface area contributed by atoms with Crippen LogP contribution in [0.1, 0.15) is 25.7 Å². The maximum atomic E-state index is 12.7. The van der Waals surface area contributed by atoms with Crippen molar-refractivity contribution in [3.8, 4) is 17.0 Å². The SMILES string of the molecule is COc1ccc(-c2cc3n(n2)CCC(=O)N3CC(=O)N2CCCCC2)cc1. The summed E-state index contributed by atoms with van der Waals surface area (Å²) in [4.78, 5) is 28.6. The minimum atomic E-state index is -0.0194. The number of aryl methyl sites for hydroxylation is 1. The van der Waals surface area contributed by atoms with Crippen molar-refractivity contribution in [2.24, 2.45) is 0 Å². The van der Waals surface area contributed by atoms with Gasteiger partial charge >= 0.3 is 0 Å². The predicted octanol–water partition coefficient (Wildman–Crippen LogP) is 2.31. The predicted molar refractivity (Wildman–Crippen MR) is 102 cm³/mol. The number of carbonyl (C=O) groups is 2. The fourth-order valence-corrected chi connectivity index (χ4v) is 3.70. The van der Waals surface area contributed by atoms with Gasteiger partial charge in [-0.15, -0.1) is 0 Å². The summed E-state index contributed by atoms with van der Waals surface area (Å²) in [5, 5.41) is 4.64. The third-order valence-electron chi connectivity index (χ3n) is 5.26. The summed E-state index contributed by atoms with van der Waals surface area (Å²) >= 11 is 0. The molecular weight excluding hydrogens is 344 g/mol. The number of amides is 2. The molecule has 142 valence electrons. The average molecular weight is 368 g/mol. The van der Waals surface area contributed by atoms with Gasteiger partial charge in [0.1, 0.15) is 18.1 Å². The fourth-order valence-electron chi connectivity index (χ4n) is 3.70. The van der Waals surface area contributed by atoms with E-state index in [0.29, 0.717) is 18.8 Å². The van der Waals surface area contributed by atoms with Crippen LogP contribution >= 0.6 is 0 Å². The summed E-state index contributed by atoms with van der Waals surface area (Å²) in [5.74, 6) is 1.48. The van der Waals surface area contributed by atoms with Gasteiger partial charge in [-0.3, -0.25) is 14.5 Å². The summed E-state index contributed by atoms with van der Waals surface area (Å²) in [6.07, 6.45) is 3.62. The minimum Gasteiger partial charge on any atom is -0.497 e. The van der Waals surface area contributed by atoms with E-state index in [4.69, 9.17) is 4.74 Å². The van der Waals surface area contributed by atoms with Crippen molar-refractivity contribution in [1.82, 2.24) is 14.7 Å². The monoisotopic (exact) mass is 368 g/mol. The standard InChI is InChI=1S/C20H24N4O3/c1-27-16-7-5-15(6-8-16)17-13-18-23(19(25)9-12-24(18)21-17)14-20(26)22-10-3-2-4-11-22/h5-8,13H,2-4,9-12,14H2,1H3. The lowest BCUT2D eigenvalue weighted by molar-refractivity contribution is -0.132. The molecule has 1 aromatic carbocycles. The molecule has 0 saturated carbocycles. The molecule has 1 fully saturated rings. The molecule has 0 atom stereocenters. The van der Waals surface area contributed by atoms with Crippen LogP contribution in [0.2, 0.25) is 0 Å². The van der Waals surface area contributed by atoms with Gasteiger partial charge in [-0.1, -0.05) is 0 Å². The second-order valence-electron chi connectivity index (χ2n) is 7.01. The number of benzene rings is 1. The van der Waals surface area contributed by atoms with E-state index in [1.165, 1.54) is 6.42 Å². The number of likely N-dealkylation sites (tertiary alicyclic amines) is 1. The third kappa shape index (κ3) is 3.54. The van der Waals surface area contributed by atoms with Crippen LogP contribution in [0.25, 0.3) is 11.3 Å². The highest BCUT2D eigenvalue weighted by atomic mass is 16.5. The number of fused-ring (bicyclic) bond motifs is 1. The number of rotatable bonds is 4. The molecule has 0 aliphatic carbocycles. The zero-order valence-corrected chi connectivity index (χ0v) is 15.6. The quantitative estimate of drug-likeness (QED) is 0.831. The molecule has 27 heavy (non-hydrogen) atoms. The third-order valence-corrected chi connectivity index (χ3v) is 5.26. The molecule has 0 radical (unpaired) electrons. The van der Waals surface area contributed by atoms with E-state index in [-0.39, 0.29) is 18.4 Å². The Morgan fingerprint density at radius 3 is 2.56 bits per heavy atom. The van der Waals surface area contributed by atoms with E-state index >= 15 is 0 Å². The molecule has 0 N–H and O–H groups in total. The second kappa shape index (κ2) is 7.42. The molecule has 3 heterocycles. The first kappa shape index (κ1) is 17.6. The lowest BCUT2D eigenvalue weighted by Crippen LogP contribution is -2.47. The average Bonchev–Trinajstić information content (AvgIpc) is 3.15. The van der Waals surface area contributed by atoms with E-state index in [1.807, 2.05) is 39.9 Å². The smallest absolute Gasteiger partial charge is 0.242 e. The number of anilines is 1. The molecule has 0 bridgehead atoms. The van der Waals surface area contributed by atoms with Crippen LogP contribution in [0.4, 0.5) is 5.82 Å². The number of nitrogens with zero attached hydrogens (tertiary/aromatic N) is 4. The Morgan fingerprint density at radius 1 is 1.11 bits per heavy atom. The number of hydrogen-bond donors (Lipinski definition) is 0.